The number of carboxylic acid groups (broad SMARTS) is 1. The van der Waals surface area contributed by atoms with E-state index in [1.165, 1.54) is 37.9 Å². The average Bonchev–Trinajstić information content (AvgIpc) is 2.84. The van der Waals surface area contributed by atoms with Gasteiger partial charge in [-0.25, -0.2) is 9.78 Å². The molecule has 0 unspecified atom stereocenters. The molecule has 1 saturated carbocycles. The van der Waals surface area contributed by atoms with Crippen LogP contribution in [-0.2, 0) is 0 Å². The zero-order valence-electron chi connectivity index (χ0n) is 10.2. The van der Waals surface area contributed by atoms with Crippen LogP contribution in [0.25, 0.3) is 0 Å². The summed E-state index contributed by atoms with van der Waals surface area (Å²) < 4.78 is 0. The molecule has 18 heavy (non-hydrogen) atoms. The third-order valence-electron chi connectivity index (χ3n) is 3.44. The maximum absolute atomic E-state index is 10.9. The second kappa shape index (κ2) is 6.05. The van der Waals surface area contributed by atoms with Gasteiger partial charge in [0.25, 0.3) is 0 Å². The van der Waals surface area contributed by atoms with E-state index in [0.29, 0.717) is 5.82 Å². The van der Waals surface area contributed by atoms with Crippen molar-refractivity contribution in [1.29, 1.82) is 0 Å². The molecule has 0 radical (unpaired) electrons. The first kappa shape index (κ1) is 13.1. The Morgan fingerprint density at radius 2 is 2.22 bits per heavy atom. The van der Waals surface area contributed by atoms with Crippen molar-refractivity contribution in [2.45, 2.75) is 32.1 Å². The quantitative estimate of drug-likeness (QED) is 0.859. The molecule has 98 valence electrons. The summed E-state index contributed by atoms with van der Waals surface area (Å²) in [6, 6.07) is 1.41. The number of carbonyl (C=O) groups is 1. The van der Waals surface area contributed by atoms with Crippen LogP contribution in [0.2, 0.25) is 5.02 Å². The minimum absolute atomic E-state index is 0.0926. The van der Waals surface area contributed by atoms with Gasteiger partial charge in [0.15, 0.2) is 0 Å². The van der Waals surface area contributed by atoms with Crippen molar-refractivity contribution in [1.82, 2.24) is 4.98 Å². The van der Waals surface area contributed by atoms with Gasteiger partial charge in [-0.3, -0.25) is 0 Å². The standard InChI is InChI=1S/C13H17ClN2O2/c14-11-10(13(17)18)6-8-16-12(11)15-7-5-9-3-1-2-4-9/h6,8-9H,1-5,7H2,(H,15,16)(H,17,18). The highest BCUT2D eigenvalue weighted by Gasteiger charge is 2.16. The van der Waals surface area contributed by atoms with Crippen molar-refractivity contribution in [3.63, 3.8) is 0 Å². The summed E-state index contributed by atoms with van der Waals surface area (Å²) in [5, 5.41) is 12.3. The summed E-state index contributed by atoms with van der Waals surface area (Å²) in [5.41, 5.74) is 0.0926. The zero-order chi connectivity index (χ0) is 13.0. The SMILES string of the molecule is O=C(O)c1ccnc(NCCC2CCCC2)c1Cl. The zero-order valence-corrected chi connectivity index (χ0v) is 10.9. The lowest BCUT2D eigenvalue weighted by Crippen LogP contribution is -2.09. The molecule has 1 aliphatic rings. The second-order valence-electron chi connectivity index (χ2n) is 4.69. The number of hydrogen-bond donors (Lipinski definition) is 2. The molecule has 4 nitrogen and oxygen atoms in total. The number of carboxylic acids is 1. The second-order valence-corrected chi connectivity index (χ2v) is 5.07. The number of pyridine rings is 1. The molecule has 1 fully saturated rings. The first-order valence-corrected chi connectivity index (χ1v) is 6.68. The fourth-order valence-electron chi connectivity index (χ4n) is 2.43. The molecule has 1 aliphatic carbocycles. The van der Waals surface area contributed by atoms with Gasteiger partial charge in [-0.05, 0) is 18.4 Å². The van der Waals surface area contributed by atoms with Crippen LogP contribution in [0, 0.1) is 5.92 Å². The lowest BCUT2D eigenvalue weighted by Gasteiger charge is -2.11. The Hall–Kier alpha value is -1.29. The Morgan fingerprint density at radius 3 is 2.89 bits per heavy atom. The molecule has 1 aromatic rings. The Kier molecular flexibility index (Phi) is 4.42. The average molecular weight is 269 g/mol. The minimum Gasteiger partial charge on any atom is -0.478 e. The van der Waals surface area contributed by atoms with Gasteiger partial charge < -0.3 is 10.4 Å². The monoisotopic (exact) mass is 268 g/mol. The van der Waals surface area contributed by atoms with E-state index < -0.39 is 5.97 Å². The van der Waals surface area contributed by atoms with E-state index in [-0.39, 0.29) is 10.6 Å². The number of hydrogen-bond acceptors (Lipinski definition) is 3. The predicted octanol–water partition coefficient (Wildman–Crippen LogP) is 3.43. The summed E-state index contributed by atoms with van der Waals surface area (Å²) in [6.45, 7) is 0.792. The van der Waals surface area contributed by atoms with Gasteiger partial charge in [0.2, 0.25) is 0 Å². The van der Waals surface area contributed by atoms with Gasteiger partial charge in [-0.15, -0.1) is 0 Å². The summed E-state index contributed by atoms with van der Waals surface area (Å²) in [7, 11) is 0. The van der Waals surface area contributed by atoms with Gasteiger partial charge in [-0.2, -0.15) is 0 Å². The molecule has 0 aliphatic heterocycles. The van der Waals surface area contributed by atoms with Crippen LogP contribution in [0.4, 0.5) is 5.82 Å². The van der Waals surface area contributed by atoms with Gasteiger partial charge in [0.1, 0.15) is 5.82 Å². The van der Waals surface area contributed by atoms with Crippen LogP contribution in [-0.4, -0.2) is 22.6 Å². The Bertz CT molecular complexity index is 431. The van der Waals surface area contributed by atoms with E-state index in [1.54, 1.807) is 0 Å². The molecule has 5 heteroatoms. The van der Waals surface area contributed by atoms with Crippen molar-refractivity contribution in [2.75, 3.05) is 11.9 Å². The molecule has 0 saturated heterocycles. The largest absolute Gasteiger partial charge is 0.478 e. The number of aromatic nitrogens is 1. The lowest BCUT2D eigenvalue weighted by atomic mass is 10.0. The summed E-state index contributed by atoms with van der Waals surface area (Å²) in [5.74, 6) is 0.231. The van der Waals surface area contributed by atoms with Crippen LogP contribution in [0.15, 0.2) is 12.3 Å². The summed E-state index contributed by atoms with van der Waals surface area (Å²) >= 11 is 5.99. The highest BCUT2D eigenvalue weighted by atomic mass is 35.5. The number of halogens is 1. The molecule has 0 amide bonds. The first-order valence-electron chi connectivity index (χ1n) is 6.30. The van der Waals surface area contributed by atoms with Gasteiger partial charge in [0.05, 0.1) is 10.6 Å². The van der Waals surface area contributed by atoms with Crippen molar-refractivity contribution in [2.24, 2.45) is 5.92 Å². The number of nitrogens with one attached hydrogen (secondary N) is 1. The van der Waals surface area contributed by atoms with E-state index in [0.717, 1.165) is 18.9 Å². The molecule has 2 N–H and O–H groups in total. The van der Waals surface area contributed by atoms with Gasteiger partial charge >= 0.3 is 5.97 Å². The van der Waals surface area contributed by atoms with E-state index in [1.807, 2.05) is 0 Å². The Morgan fingerprint density at radius 1 is 1.50 bits per heavy atom. The fraction of sp³-hybridized carbons (Fsp3) is 0.538. The van der Waals surface area contributed by atoms with Crippen molar-refractivity contribution >= 4 is 23.4 Å². The van der Waals surface area contributed by atoms with Crippen LogP contribution in [0.1, 0.15) is 42.5 Å². The Labute approximate surface area is 111 Å². The number of rotatable bonds is 5. The van der Waals surface area contributed by atoms with Crippen molar-refractivity contribution in [3.8, 4) is 0 Å². The van der Waals surface area contributed by atoms with Crippen LogP contribution >= 0.6 is 11.6 Å². The molecular formula is C13H17ClN2O2. The molecule has 0 bridgehead atoms. The summed E-state index contributed by atoms with van der Waals surface area (Å²) in [6.07, 6.45) is 7.83. The van der Waals surface area contributed by atoms with Crippen molar-refractivity contribution < 1.29 is 9.90 Å². The molecule has 0 aromatic carbocycles. The Balaban J connectivity index is 1.92. The minimum atomic E-state index is -1.03. The predicted molar refractivity (Wildman–Crippen MR) is 71.3 cm³/mol. The number of anilines is 1. The molecule has 1 aromatic heterocycles. The van der Waals surface area contributed by atoms with E-state index in [2.05, 4.69) is 10.3 Å². The maximum Gasteiger partial charge on any atom is 0.337 e. The van der Waals surface area contributed by atoms with Gasteiger partial charge in [-0.1, -0.05) is 37.3 Å². The first-order chi connectivity index (χ1) is 8.68. The molecule has 1 heterocycles. The number of aromatic carboxylic acids is 1. The fourth-order valence-corrected chi connectivity index (χ4v) is 2.69. The third-order valence-corrected chi connectivity index (χ3v) is 3.82. The number of nitrogens with zero attached hydrogens (tertiary/aromatic N) is 1. The molecule has 2 rings (SSSR count). The van der Waals surface area contributed by atoms with Crippen LogP contribution < -0.4 is 5.32 Å². The van der Waals surface area contributed by atoms with E-state index in [4.69, 9.17) is 16.7 Å². The lowest BCUT2D eigenvalue weighted by molar-refractivity contribution is 0.0697. The maximum atomic E-state index is 10.9. The van der Waals surface area contributed by atoms with Gasteiger partial charge in [0, 0.05) is 12.7 Å². The molecular weight excluding hydrogens is 252 g/mol. The summed E-state index contributed by atoms with van der Waals surface area (Å²) in [4.78, 5) is 15.0. The third kappa shape index (κ3) is 3.13. The van der Waals surface area contributed by atoms with E-state index in [9.17, 15) is 4.79 Å². The van der Waals surface area contributed by atoms with Crippen molar-refractivity contribution in [3.05, 3.63) is 22.8 Å². The molecule has 0 spiro atoms. The topological polar surface area (TPSA) is 62.2 Å². The molecule has 0 atom stereocenters. The normalized spacial score (nSPS) is 15.8. The highest BCUT2D eigenvalue weighted by Crippen LogP contribution is 2.28. The van der Waals surface area contributed by atoms with E-state index >= 15 is 0 Å². The van der Waals surface area contributed by atoms with Crippen LogP contribution in [0.5, 0.6) is 0 Å². The highest BCUT2D eigenvalue weighted by molar-refractivity contribution is 6.35. The smallest absolute Gasteiger partial charge is 0.337 e. The van der Waals surface area contributed by atoms with Crippen LogP contribution in [0.3, 0.4) is 0 Å².